The second-order valence-corrected chi connectivity index (χ2v) is 6.44. The normalized spacial score (nSPS) is 10.8. The van der Waals surface area contributed by atoms with Gasteiger partial charge in [0, 0.05) is 0 Å². The lowest BCUT2D eigenvalue weighted by Crippen LogP contribution is -2.10. The average Bonchev–Trinajstić information content (AvgIpc) is 2.76. The van der Waals surface area contributed by atoms with E-state index in [9.17, 15) is 9.59 Å². The van der Waals surface area contributed by atoms with Crippen molar-refractivity contribution in [1.29, 1.82) is 0 Å². The maximum Gasteiger partial charge on any atom is 0.345 e. The third-order valence-electron chi connectivity index (χ3n) is 4.33. The molecule has 29 heavy (non-hydrogen) atoms. The van der Waals surface area contributed by atoms with E-state index in [4.69, 9.17) is 9.47 Å². The molecular formula is C23H18N2O4. The molecule has 144 valence electrons. The largest absolute Gasteiger partial charge is 0.462 e. The standard InChI is InChI=1S/C23H18N2O4/c1-2-14-28-22(26)15-10-12-16(13-11-15)29-23(27)17-6-5-9-20-21(17)25-19-8-4-3-7-18(19)24-20/h3-13H,2,14H2,1H3. The minimum atomic E-state index is -0.540. The summed E-state index contributed by atoms with van der Waals surface area (Å²) in [5, 5.41) is 0. The topological polar surface area (TPSA) is 78.4 Å². The second-order valence-electron chi connectivity index (χ2n) is 6.44. The molecule has 0 fully saturated rings. The molecule has 6 nitrogen and oxygen atoms in total. The molecule has 4 rings (SSSR count). The van der Waals surface area contributed by atoms with Gasteiger partial charge in [0.2, 0.25) is 0 Å². The van der Waals surface area contributed by atoms with Crippen LogP contribution in [-0.2, 0) is 4.74 Å². The number of fused-ring (bicyclic) bond motifs is 2. The van der Waals surface area contributed by atoms with Gasteiger partial charge in [-0.15, -0.1) is 0 Å². The number of para-hydroxylation sites is 3. The molecule has 0 aliphatic carbocycles. The smallest absolute Gasteiger partial charge is 0.345 e. The molecule has 0 saturated carbocycles. The van der Waals surface area contributed by atoms with Crippen LogP contribution in [0.5, 0.6) is 5.75 Å². The molecular weight excluding hydrogens is 368 g/mol. The van der Waals surface area contributed by atoms with Gasteiger partial charge in [-0.25, -0.2) is 19.6 Å². The zero-order chi connectivity index (χ0) is 20.2. The Labute approximate surface area is 167 Å². The summed E-state index contributed by atoms with van der Waals surface area (Å²) >= 11 is 0. The van der Waals surface area contributed by atoms with Crippen molar-refractivity contribution in [2.75, 3.05) is 6.61 Å². The Bertz CT molecular complexity index is 1200. The maximum atomic E-state index is 12.7. The predicted octanol–water partition coefficient (Wildman–Crippen LogP) is 4.57. The first-order chi connectivity index (χ1) is 14.2. The van der Waals surface area contributed by atoms with Gasteiger partial charge in [0.15, 0.2) is 0 Å². The first-order valence-electron chi connectivity index (χ1n) is 9.30. The molecule has 1 aromatic heterocycles. The van der Waals surface area contributed by atoms with Crippen molar-refractivity contribution in [1.82, 2.24) is 9.97 Å². The Kier molecular flexibility index (Phi) is 5.16. The average molecular weight is 386 g/mol. The summed E-state index contributed by atoms with van der Waals surface area (Å²) in [4.78, 5) is 33.8. The molecule has 6 heteroatoms. The number of carbonyl (C=O) groups is 2. The van der Waals surface area contributed by atoms with E-state index in [1.807, 2.05) is 37.3 Å². The number of hydrogen-bond donors (Lipinski definition) is 0. The van der Waals surface area contributed by atoms with Crippen molar-refractivity contribution in [2.45, 2.75) is 13.3 Å². The van der Waals surface area contributed by atoms with Crippen LogP contribution in [-0.4, -0.2) is 28.5 Å². The zero-order valence-electron chi connectivity index (χ0n) is 15.8. The van der Waals surface area contributed by atoms with Gasteiger partial charge in [-0.2, -0.15) is 0 Å². The molecule has 3 aromatic carbocycles. The van der Waals surface area contributed by atoms with Crippen molar-refractivity contribution < 1.29 is 19.1 Å². The van der Waals surface area contributed by atoms with E-state index in [1.54, 1.807) is 36.4 Å². The van der Waals surface area contributed by atoms with Crippen LogP contribution in [0, 0.1) is 0 Å². The van der Waals surface area contributed by atoms with Crippen LogP contribution in [0.25, 0.3) is 22.1 Å². The SMILES string of the molecule is CCCOC(=O)c1ccc(OC(=O)c2cccc3nc4ccccc4nc23)cc1. The molecule has 4 aromatic rings. The molecule has 0 aliphatic heterocycles. The summed E-state index contributed by atoms with van der Waals surface area (Å²) in [6.07, 6.45) is 0.755. The van der Waals surface area contributed by atoms with Crippen LogP contribution >= 0.6 is 0 Å². The van der Waals surface area contributed by atoms with Crippen LogP contribution in [0.15, 0.2) is 66.7 Å². The summed E-state index contributed by atoms with van der Waals surface area (Å²) in [5.74, 6) is -0.616. The van der Waals surface area contributed by atoms with Gasteiger partial charge in [-0.1, -0.05) is 25.1 Å². The number of carbonyl (C=O) groups excluding carboxylic acids is 2. The van der Waals surface area contributed by atoms with Crippen molar-refractivity contribution in [3.8, 4) is 5.75 Å². The number of nitrogens with zero attached hydrogens (tertiary/aromatic N) is 2. The van der Waals surface area contributed by atoms with E-state index in [2.05, 4.69) is 9.97 Å². The molecule has 0 radical (unpaired) electrons. The lowest BCUT2D eigenvalue weighted by atomic mass is 10.1. The lowest BCUT2D eigenvalue weighted by Gasteiger charge is -2.08. The van der Waals surface area contributed by atoms with E-state index in [0.717, 1.165) is 11.9 Å². The van der Waals surface area contributed by atoms with E-state index in [1.165, 1.54) is 0 Å². The molecule has 0 saturated heterocycles. The molecule has 1 heterocycles. The monoisotopic (exact) mass is 386 g/mol. The number of esters is 2. The molecule has 0 amide bonds. The van der Waals surface area contributed by atoms with Crippen molar-refractivity contribution in [3.05, 3.63) is 77.9 Å². The number of ether oxygens (including phenoxy) is 2. The highest BCUT2D eigenvalue weighted by Crippen LogP contribution is 2.21. The minimum Gasteiger partial charge on any atom is -0.462 e. The fourth-order valence-corrected chi connectivity index (χ4v) is 2.91. The summed E-state index contributed by atoms with van der Waals surface area (Å²) in [6, 6.07) is 19.0. The third-order valence-corrected chi connectivity index (χ3v) is 4.33. The minimum absolute atomic E-state index is 0.326. The lowest BCUT2D eigenvalue weighted by molar-refractivity contribution is 0.0505. The van der Waals surface area contributed by atoms with E-state index in [-0.39, 0.29) is 0 Å². The Balaban J connectivity index is 1.59. The quantitative estimate of drug-likeness (QED) is 0.284. The fraction of sp³-hybridized carbons (Fsp3) is 0.130. The van der Waals surface area contributed by atoms with E-state index < -0.39 is 11.9 Å². The Morgan fingerprint density at radius 2 is 1.48 bits per heavy atom. The molecule has 0 N–H and O–H groups in total. The summed E-state index contributed by atoms with van der Waals surface area (Å²) < 4.78 is 10.6. The third kappa shape index (κ3) is 3.91. The number of hydrogen-bond acceptors (Lipinski definition) is 6. The molecule has 0 atom stereocenters. The summed E-state index contributed by atoms with van der Waals surface area (Å²) in [5.41, 5.74) is 3.29. The first-order valence-corrected chi connectivity index (χ1v) is 9.30. The van der Waals surface area contributed by atoms with Crippen LogP contribution < -0.4 is 4.74 Å². The predicted molar refractivity (Wildman–Crippen MR) is 109 cm³/mol. The number of aromatic nitrogens is 2. The van der Waals surface area contributed by atoms with Crippen LogP contribution in [0.3, 0.4) is 0 Å². The Hall–Kier alpha value is -3.80. The van der Waals surface area contributed by atoms with Crippen LogP contribution in [0.2, 0.25) is 0 Å². The van der Waals surface area contributed by atoms with Crippen molar-refractivity contribution in [3.63, 3.8) is 0 Å². The van der Waals surface area contributed by atoms with Gasteiger partial charge in [0.1, 0.15) is 11.3 Å². The van der Waals surface area contributed by atoms with Crippen molar-refractivity contribution in [2.24, 2.45) is 0 Å². The highest BCUT2D eigenvalue weighted by atomic mass is 16.5. The van der Waals surface area contributed by atoms with Gasteiger partial charge in [-0.05, 0) is 55.0 Å². The van der Waals surface area contributed by atoms with Gasteiger partial charge in [-0.3, -0.25) is 0 Å². The van der Waals surface area contributed by atoms with Crippen LogP contribution in [0.4, 0.5) is 0 Å². The number of benzene rings is 3. The highest BCUT2D eigenvalue weighted by molar-refractivity contribution is 6.04. The second kappa shape index (κ2) is 8.06. The van der Waals surface area contributed by atoms with E-state index >= 15 is 0 Å². The number of rotatable bonds is 5. The Morgan fingerprint density at radius 3 is 2.21 bits per heavy atom. The van der Waals surface area contributed by atoms with Gasteiger partial charge < -0.3 is 9.47 Å². The zero-order valence-corrected chi connectivity index (χ0v) is 15.8. The molecule has 0 unspecified atom stereocenters. The van der Waals surface area contributed by atoms with E-state index in [0.29, 0.717) is 40.0 Å². The first kappa shape index (κ1) is 18.6. The molecule has 0 bridgehead atoms. The summed E-state index contributed by atoms with van der Waals surface area (Å²) in [7, 11) is 0. The summed E-state index contributed by atoms with van der Waals surface area (Å²) in [6.45, 7) is 2.29. The maximum absolute atomic E-state index is 12.7. The van der Waals surface area contributed by atoms with Gasteiger partial charge >= 0.3 is 11.9 Å². The van der Waals surface area contributed by atoms with Crippen molar-refractivity contribution >= 4 is 34.0 Å². The molecule has 0 spiro atoms. The Morgan fingerprint density at radius 1 is 0.793 bits per heavy atom. The van der Waals surface area contributed by atoms with Crippen LogP contribution in [0.1, 0.15) is 34.1 Å². The fourth-order valence-electron chi connectivity index (χ4n) is 2.91. The van der Waals surface area contributed by atoms with Gasteiger partial charge in [0.05, 0.1) is 34.3 Å². The van der Waals surface area contributed by atoms with Gasteiger partial charge in [0.25, 0.3) is 0 Å². The molecule has 0 aliphatic rings. The highest BCUT2D eigenvalue weighted by Gasteiger charge is 2.16.